The summed E-state index contributed by atoms with van der Waals surface area (Å²) in [5.74, 6) is 0.133. The molecule has 0 N–H and O–H groups in total. The van der Waals surface area contributed by atoms with Crippen LogP contribution in [-0.4, -0.2) is 6.36 Å². The fourth-order valence-electron chi connectivity index (χ4n) is 5.37. The maximum absolute atomic E-state index is 14.9. The maximum atomic E-state index is 14.9. The van der Waals surface area contributed by atoms with Crippen LogP contribution in [0.4, 0.5) is 22.0 Å². The Morgan fingerprint density at radius 1 is 0.871 bits per heavy atom. The summed E-state index contributed by atoms with van der Waals surface area (Å²) in [4.78, 5) is 0. The molecule has 1 nitrogen and oxygen atoms in total. The van der Waals surface area contributed by atoms with E-state index in [0.717, 1.165) is 50.7 Å². The molecule has 0 radical (unpaired) electrons. The van der Waals surface area contributed by atoms with Crippen LogP contribution in [0.5, 0.6) is 5.75 Å². The van der Waals surface area contributed by atoms with E-state index < -0.39 is 23.7 Å². The molecule has 0 aliphatic heterocycles. The van der Waals surface area contributed by atoms with Crippen molar-refractivity contribution in [3.63, 3.8) is 0 Å². The van der Waals surface area contributed by atoms with E-state index in [9.17, 15) is 22.0 Å². The van der Waals surface area contributed by atoms with Gasteiger partial charge in [-0.1, -0.05) is 18.2 Å². The summed E-state index contributed by atoms with van der Waals surface area (Å²) in [6.45, 7) is 3.92. The second kappa shape index (κ2) is 8.64. The zero-order valence-corrected chi connectivity index (χ0v) is 17.1. The molecule has 2 fully saturated rings. The highest BCUT2D eigenvalue weighted by Crippen LogP contribution is 2.48. The number of hydrogen-bond acceptors (Lipinski definition) is 1. The Morgan fingerprint density at radius 3 is 2.10 bits per heavy atom. The maximum Gasteiger partial charge on any atom is 0.573 e. The van der Waals surface area contributed by atoms with Crippen LogP contribution in [0.1, 0.15) is 50.0 Å². The Morgan fingerprint density at radius 2 is 1.48 bits per heavy atom. The van der Waals surface area contributed by atoms with Crippen molar-refractivity contribution in [3.05, 3.63) is 66.3 Å². The van der Waals surface area contributed by atoms with Crippen LogP contribution in [0, 0.1) is 29.4 Å². The summed E-state index contributed by atoms with van der Waals surface area (Å²) < 4.78 is 70.5. The first kappa shape index (κ1) is 21.8. The average Bonchev–Trinajstić information content (AvgIpc) is 2.72. The van der Waals surface area contributed by atoms with Crippen LogP contribution in [-0.2, 0) is 0 Å². The van der Waals surface area contributed by atoms with Crippen molar-refractivity contribution in [2.75, 3.05) is 0 Å². The Labute approximate surface area is 178 Å². The molecule has 0 spiro atoms. The largest absolute Gasteiger partial charge is 0.573 e. The molecule has 4 atom stereocenters. The van der Waals surface area contributed by atoms with E-state index in [1.165, 1.54) is 24.3 Å². The van der Waals surface area contributed by atoms with Crippen molar-refractivity contribution < 1.29 is 26.7 Å². The molecule has 4 rings (SSSR count). The smallest absolute Gasteiger partial charge is 0.406 e. The molecule has 0 saturated heterocycles. The number of allylic oxidation sites excluding steroid dienone is 1. The van der Waals surface area contributed by atoms with Gasteiger partial charge in [0.1, 0.15) is 17.4 Å². The van der Waals surface area contributed by atoms with Crippen molar-refractivity contribution in [2.24, 2.45) is 17.8 Å². The van der Waals surface area contributed by atoms with Crippen molar-refractivity contribution in [1.82, 2.24) is 0 Å². The lowest BCUT2D eigenvalue weighted by molar-refractivity contribution is -0.274. The standard InChI is InChI=1S/C25H25F5O/c1-2-15-3-4-18-12-19(6-5-17(18)11-15)20-13-22(26)24(23(27)14-20)16-7-9-21(10-8-16)31-25(28,29)30/h2,7-10,13-15,17-19H,1,3-6,11-12H2. The van der Waals surface area contributed by atoms with Gasteiger partial charge in [0.2, 0.25) is 0 Å². The number of hydrogen-bond donors (Lipinski definition) is 0. The van der Waals surface area contributed by atoms with Crippen molar-refractivity contribution in [2.45, 2.75) is 50.8 Å². The molecule has 0 heterocycles. The first-order valence-corrected chi connectivity index (χ1v) is 10.7. The molecular weight excluding hydrogens is 411 g/mol. The Hall–Kier alpha value is -2.37. The zero-order chi connectivity index (χ0) is 22.2. The quantitative estimate of drug-likeness (QED) is 0.348. The Balaban J connectivity index is 1.51. The van der Waals surface area contributed by atoms with Gasteiger partial charge < -0.3 is 4.74 Å². The third kappa shape index (κ3) is 4.94. The molecule has 2 saturated carbocycles. The first-order valence-electron chi connectivity index (χ1n) is 10.7. The van der Waals surface area contributed by atoms with E-state index in [2.05, 4.69) is 11.3 Å². The molecule has 2 aromatic carbocycles. The van der Waals surface area contributed by atoms with E-state index >= 15 is 0 Å². The van der Waals surface area contributed by atoms with Crippen LogP contribution in [0.15, 0.2) is 49.1 Å². The lowest BCUT2D eigenvalue weighted by Crippen LogP contribution is -2.30. The van der Waals surface area contributed by atoms with Crippen molar-refractivity contribution >= 4 is 0 Å². The van der Waals surface area contributed by atoms with Crippen molar-refractivity contribution in [3.8, 4) is 16.9 Å². The SMILES string of the molecule is C=CC1CCC2CC(c3cc(F)c(-c4ccc(OC(F)(F)F)cc4)c(F)c3)CCC2C1. The van der Waals surface area contributed by atoms with Gasteiger partial charge in [-0.2, -0.15) is 0 Å². The van der Waals surface area contributed by atoms with Gasteiger partial charge in [0, 0.05) is 0 Å². The first-order chi connectivity index (χ1) is 14.7. The number of rotatable bonds is 4. The lowest BCUT2D eigenvalue weighted by atomic mass is 9.64. The molecule has 2 aliphatic carbocycles. The van der Waals surface area contributed by atoms with Gasteiger partial charge in [-0.05, 0) is 97.6 Å². The van der Waals surface area contributed by atoms with Gasteiger partial charge in [-0.3, -0.25) is 0 Å². The van der Waals surface area contributed by atoms with Gasteiger partial charge in [0.15, 0.2) is 0 Å². The predicted octanol–water partition coefficient (Wildman–Crippen LogP) is 8.02. The fourth-order valence-corrected chi connectivity index (χ4v) is 5.37. The van der Waals surface area contributed by atoms with E-state index in [1.54, 1.807) is 0 Å². The molecule has 0 aromatic heterocycles. The topological polar surface area (TPSA) is 9.23 Å². The van der Waals surface area contributed by atoms with Crippen LogP contribution in [0.2, 0.25) is 0 Å². The van der Waals surface area contributed by atoms with Gasteiger partial charge in [0.25, 0.3) is 0 Å². The van der Waals surface area contributed by atoms with Gasteiger partial charge in [-0.15, -0.1) is 19.8 Å². The number of benzene rings is 2. The molecule has 4 unspecified atom stereocenters. The summed E-state index contributed by atoms with van der Waals surface area (Å²) in [6.07, 6.45) is 3.57. The van der Waals surface area contributed by atoms with Crippen LogP contribution in [0.25, 0.3) is 11.1 Å². The number of fused-ring (bicyclic) bond motifs is 1. The third-order valence-corrected chi connectivity index (χ3v) is 6.90. The molecule has 2 aliphatic rings. The minimum Gasteiger partial charge on any atom is -0.406 e. The molecule has 6 heteroatoms. The Bertz CT molecular complexity index is 911. The van der Waals surface area contributed by atoms with Crippen LogP contribution < -0.4 is 4.74 Å². The van der Waals surface area contributed by atoms with E-state index in [0.29, 0.717) is 23.3 Å². The van der Waals surface area contributed by atoms with Crippen molar-refractivity contribution in [1.29, 1.82) is 0 Å². The lowest BCUT2D eigenvalue weighted by Gasteiger charge is -2.41. The second-order valence-electron chi connectivity index (χ2n) is 8.77. The summed E-state index contributed by atoms with van der Waals surface area (Å²) in [7, 11) is 0. The monoisotopic (exact) mass is 436 g/mol. The highest BCUT2D eigenvalue weighted by Gasteiger charge is 2.36. The number of halogens is 5. The molecular formula is C25H25F5O. The molecule has 0 bridgehead atoms. The second-order valence-corrected chi connectivity index (χ2v) is 8.77. The fraction of sp³-hybridized carbons (Fsp3) is 0.440. The van der Waals surface area contributed by atoms with E-state index in [4.69, 9.17) is 0 Å². The third-order valence-electron chi connectivity index (χ3n) is 6.90. The van der Waals surface area contributed by atoms with E-state index in [1.807, 2.05) is 6.08 Å². The minimum absolute atomic E-state index is 0.127. The van der Waals surface area contributed by atoms with Gasteiger partial charge in [-0.25, -0.2) is 8.78 Å². The van der Waals surface area contributed by atoms with Crippen LogP contribution >= 0.6 is 0 Å². The van der Waals surface area contributed by atoms with Gasteiger partial charge in [0.05, 0.1) is 5.56 Å². The molecule has 2 aromatic rings. The number of ether oxygens (including phenoxy) is 1. The van der Waals surface area contributed by atoms with E-state index in [-0.39, 0.29) is 17.0 Å². The van der Waals surface area contributed by atoms with Crippen LogP contribution in [0.3, 0.4) is 0 Å². The summed E-state index contributed by atoms with van der Waals surface area (Å²) in [5, 5.41) is 0. The molecule has 166 valence electrons. The molecule has 31 heavy (non-hydrogen) atoms. The summed E-state index contributed by atoms with van der Waals surface area (Å²) in [5.41, 5.74) is 0.602. The number of alkyl halides is 3. The normalized spacial score (nSPS) is 26.2. The highest BCUT2D eigenvalue weighted by molar-refractivity contribution is 5.66. The van der Waals surface area contributed by atoms with Gasteiger partial charge >= 0.3 is 6.36 Å². The minimum atomic E-state index is -4.82. The Kier molecular flexibility index (Phi) is 6.09. The molecule has 0 amide bonds. The summed E-state index contributed by atoms with van der Waals surface area (Å²) >= 11 is 0. The average molecular weight is 436 g/mol. The highest BCUT2D eigenvalue weighted by atomic mass is 19.4. The predicted molar refractivity (Wildman–Crippen MR) is 110 cm³/mol. The zero-order valence-electron chi connectivity index (χ0n) is 17.1. The summed E-state index contributed by atoms with van der Waals surface area (Å²) in [6, 6.07) is 7.34.